The molecule has 0 atom stereocenters. The van der Waals surface area contributed by atoms with Gasteiger partial charge in [-0.1, -0.05) is 25.7 Å². The smallest absolute Gasteiger partial charge is 0.382 e. The molecule has 2 rings (SSSR count). The van der Waals surface area contributed by atoms with E-state index in [-0.39, 0.29) is 11.6 Å². The molecule has 1 saturated carbocycles. The molecule has 0 unspecified atom stereocenters. The zero-order valence-electron chi connectivity index (χ0n) is 11.1. The lowest BCUT2D eigenvalue weighted by Gasteiger charge is -2.19. The van der Waals surface area contributed by atoms with Gasteiger partial charge in [-0.15, -0.1) is 0 Å². The fourth-order valence-corrected chi connectivity index (χ4v) is 2.63. The SMILES string of the molecule is N#Cc1ccc(NC2CCCCCC2)cc1C(F)(F)F. The van der Waals surface area contributed by atoms with E-state index in [0.29, 0.717) is 5.69 Å². The zero-order valence-corrected chi connectivity index (χ0v) is 11.1. The lowest BCUT2D eigenvalue weighted by Crippen LogP contribution is -2.19. The van der Waals surface area contributed by atoms with E-state index in [4.69, 9.17) is 5.26 Å². The molecule has 5 heteroatoms. The lowest BCUT2D eigenvalue weighted by molar-refractivity contribution is -0.137. The molecule has 1 aromatic rings. The first kappa shape index (κ1) is 14.7. The molecule has 0 aromatic heterocycles. The highest BCUT2D eigenvalue weighted by Crippen LogP contribution is 2.34. The molecule has 20 heavy (non-hydrogen) atoms. The molecule has 1 N–H and O–H groups in total. The Bertz CT molecular complexity index is 495. The Morgan fingerprint density at radius 3 is 2.30 bits per heavy atom. The van der Waals surface area contributed by atoms with Crippen molar-refractivity contribution in [2.45, 2.75) is 50.7 Å². The van der Waals surface area contributed by atoms with E-state index in [9.17, 15) is 13.2 Å². The summed E-state index contributed by atoms with van der Waals surface area (Å²) in [6.07, 6.45) is 2.09. The molecule has 1 aliphatic rings. The molecule has 1 fully saturated rings. The van der Waals surface area contributed by atoms with Crippen LogP contribution in [0.25, 0.3) is 0 Å². The van der Waals surface area contributed by atoms with Gasteiger partial charge in [0, 0.05) is 11.7 Å². The van der Waals surface area contributed by atoms with E-state index in [1.54, 1.807) is 12.1 Å². The number of nitriles is 1. The average Bonchev–Trinajstić information content (AvgIpc) is 2.66. The highest BCUT2D eigenvalue weighted by molar-refractivity contribution is 5.53. The minimum Gasteiger partial charge on any atom is -0.382 e. The van der Waals surface area contributed by atoms with E-state index in [0.717, 1.165) is 31.7 Å². The van der Waals surface area contributed by atoms with Crippen molar-refractivity contribution >= 4 is 5.69 Å². The molecule has 0 spiro atoms. The van der Waals surface area contributed by atoms with Crippen LogP contribution < -0.4 is 5.32 Å². The van der Waals surface area contributed by atoms with Gasteiger partial charge in [0.1, 0.15) is 0 Å². The predicted octanol–water partition coefficient (Wildman–Crippen LogP) is 4.71. The van der Waals surface area contributed by atoms with Crippen molar-refractivity contribution in [2.75, 3.05) is 5.32 Å². The van der Waals surface area contributed by atoms with Gasteiger partial charge >= 0.3 is 6.18 Å². The van der Waals surface area contributed by atoms with Gasteiger partial charge in [-0.05, 0) is 31.0 Å². The van der Waals surface area contributed by atoms with Gasteiger partial charge < -0.3 is 5.32 Å². The Morgan fingerprint density at radius 2 is 1.75 bits per heavy atom. The minimum atomic E-state index is -4.49. The largest absolute Gasteiger partial charge is 0.417 e. The molecular weight excluding hydrogens is 265 g/mol. The van der Waals surface area contributed by atoms with Crippen LogP contribution in [-0.2, 0) is 6.18 Å². The van der Waals surface area contributed by atoms with Gasteiger partial charge in [-0.3, -0.25) is 0 Å². The van der Waals surface area contributed by atoms with E-state index in [1.807, 2.05) is 0 Å². The molecule has 2 nitrogen and oxygen atoms in total. The Kier molecular flexibility index (Phi) is 4.53. The lowest BCUT2D eigenvalue weighted by atomic mass is 10.1. The summed E-state index contributed by atoms with van der Waals surface area (Å²) in [4.78, 5) is 0. The third-order valence-corrected chi connectivity index (χ3v) is 3.67. The first-order chi connectivity index (χ1) is 9.50. The summed E-state index contributed by atoms with van der Waals surface area (Å²) in [7, 11) is 0. The van der Waals surface area contributed by atoms with E-state index < -0.39 is 11.7 Å². The van der Waals surface area contributed by atoms with Gasteiger partial charge in [0.25, 0.3) is 0 Å². The maximum atomic E-state index is 12.9. The standard InChI is InChI=1S/C15H17F3N2/c16-15(17,18)14-9-13(8-7-11(14)10-19)20-12-5-3-1-2-4-6-12/h7-9,12,20H,1-6H2. The van der Waals surface area contributed by atoms with Crippen molar-refractivity contribution in [2.24, 2.45) is 0 Å². The van der Waals surface area contributed by atoms with Gasteiger partial charge in [0.15, 0.2) is 0 Å². The number of hydrogen-bond acceptors (Lipinski definition) is 2. The summed E-state index contributed by atoms with van der Waals surface area (Å²) >= 11 is 0. The van der Waals surface area contributed by atoms with Crippen LogP contribution in [0.4, 0.5) is 18.9 Å². The van der Waals surface area contributed by atoms with Crippen molar-refractivity contribution < 1.29 is 13.2 Å². The Labute approximate surface area is 116 Å². The third-order valence-electron chi connectivity index (χ3n) is 3.67. The Hall–Kier alpha value is -1.70. The number of anilines is 1. The van der Waals surface area contributed by atoms with Gasteiger partial charge in [-0.25, -0.2) is 0 Å². The van der Waals surface area contributed by atoms with E-state index in [2.05, 4.69) is 5.32 Å². The second kappa shape index (κ2) is 6.17. The van der Waals surface area contributed by atoms with Crippen molar-refractivity contribution in [3.05, 3.63) is 29.3 Å². The van der Waals surface area contributed by atoms with E-state index >= 15 is 0 Å². The second-order valence-corrected chi connectivity index (χ2v) is 5.20. The zero-order chi connectivity index (χ0) is 14.6. The highest BCUT2D eigenvalue weighted by Gasteiger charge is 2.34. The van der Waals surface area contributed by atoms with Crippen LogP contribution in [0.2, 0.25) is 0 Å². The molecule has 0 aliphatic heterocycles. The van der Waals surface area contributed by atoms with Gasteiger partial charge in [-0.2, -0.15) is 18.4 Å². The topological polar surface area (TPSA) is 35.8 Å². The summed E-state index contributed by atoms with van der Waals surface area (Å²) < 4.78 is 38.6. The van der Waals surface area contributed by atoms with Crippen molar-refractivity contribution in [1.29, 1.82) is 5.26 Å². The first-order valence-corrected chi connectivity index (χ1v) is 6.88. The van der Waals surface area contributed by atoms with Gasteiger partial charge in [0.2, 0.25) is 0 Å². The van der Waals surface area contributed by atoms with E-state index in [1.165, 1.54) is 18.9 Å². The first-order valence-electron chi connectivity index (χ1n) is 6.88. The number of nitrogens with one attached hydrogen (secondary N) is 1. The summed E-state index contributed by atoms with van der Waals surface area (Å²) in [6, 6.07) is 5.66. The molecule has 0 amide bonds. The summed E-state index contributed by atoms with van der Waals surface area (Å²) in [5.74, 6) is 0. The average molecular weight is 282 g/mol. The number of benzene rings is 1. The number of hydrogen-bond donors (Lipinski definition) is 1. The molecule has 0 saturated heterocycles. The number of alkyl halides is 3. The maximum absolute atomic E-state index is 12.9. The summed E-state index contributed by atoms with van der Waals surface area (Å²) in [6.45, 7) is 0. The molecule has 0 heterocycles. The van der Waals surface area contributed by atoms with Crippen LogP contribution in [0, 0.1) is 11.3 Å². The third kappa shape index (κ3) is 3.66. The quantitative estimate of drug-likeness (QED) is 0.797. The molecule has 0 bridgehead atoms. The summed E-state index contributed by atoms with van der Waals surface area (Å²) in [5, 5.41) is 11.9. The van der Waals surface area contributed by atoms with Crippen LogP contribution in [0.3, 0.4) is 0 Å². The van der Waals surface area contributed by atoms with Crippen LogP contribution in [0.1, 0.15) is 49.7 Å². The van der Waals surface area contributed by atoms with Crippen LogP contribution in [0.15, 0.2) is 18.2 Å². The number of halogens is 3. The highest BCUT2D eigenvalue weighted by atomic mass is 19.4. The molecule has 108 valence electrons. The fraction of sp³-hybridized carbons (Fsp3) is 0.533. The Balaban J connectivity index is 2.18. The van der Waals surface area contributed by atoms with Crippen LogP contribution in [-0.4, -0.2) is 6.04 Å². The maximum Gasteiger partial charge on any atom is 0.417 e. The monoisotopic (exact) mass is 282 g/mol. The summed E-state index contributed by atoms with van der Waals surface area (Å²) in [5.41, 5.74) is -0.745. The fourth-order valence-electron chi connectivity index (χ4n) is 2.63. The normalized spacial score (nSPS) is 17.3. The predicted molar refractivity (Wildman–Crippen MR) is 71.3 cm³/mol. The van der Waals surface area contributed by atoms with Crippen molar-refractivity contribution in [3.8, 4) is 6.07 Å². The second-order valence-electron chi connectivity index (χ2n) is 5.20. The van der Waals surface area contributed by atoms with Crippen molar-refractivity contribution in [1.82, 2.24) is 0 Å². The van der Waals surface area contributed by atoms with Gasteiger partial charge in [0.05, 0.1) is 17.2 Å². The van der Waals surface area contributed by atoms with Crippen LogP contribution in [0.5, 0.6) is 0 Å². The molecular formula is C15H17F3N2. The molecule has 1 aromatic carbocycles. The number of nitrogens with zero attached hydrogens (tertiary/aromatic N) is 1. The Morgan fingerprint density at radius 1 is 1.10 bits per heavy atom. The van der Waals surface area contributed by atoms with Crippen LogP contribution >= 0.6 is 0 Å². The van der Waals surface area contributed by atoms with Crippen molar-refractivity contribution in [3.63, 3.8) is 0 Å². The number of rotatable bonds is 2. The molecule has 1 aliphatic carbocycles. The minimum absolute atomic E-state index is 0.228. The molecule has 0 radical (unpaired) electrons.